The molecule has 3 heterocycles. The highest BCUT2D eigenvalue weighted by Crippen LogP contribution is 2.30. The van der Waals surface area contributed by atoms with E-state index < -0.39 is 0 Å². The van der Waals surface area contributed by atoms with Gasteiger partial charge in [-0.3, -0.25) is 4.79 Å². The van der Waals surface area contributed by atoms with Crippen molar-refractivity contribution < 1.29 is 18.5 Å². The quantitative estimate of drug-likeness (QED) is 0.481. The number of fused-ring (bicyclic) bond motifs is 1. The van der Waals surface area contributed by atoms with Gasteiger partial charge in [0, 0.05) is 31.5 Å². The van der Waals surface area contributed by atoms with Gasteiger partial charge in [0.2, 0.25) is 11.7 Å². The minimum atomic E-state index is 0.0244. The zero-order chi connectivity index (χ0) is 21.2. The van der Waals surface area contributed by atoms with Crippen LogP contribution in [0.1, 0.15) is 46.7 Å². The molecule has 0 spiro atoms. The number of aryl methyl sites for hydroxylation is 1. The minimum Gasteiger partial charge on any atom is -0.485 e. The first kappa shape index (κ1) is 19.3. The molecule has 0 radical (unpaired) electrons. The van der Waals surface area contributed by atoms with Gasteiger partial charge in [-0.1, -0.05) is 17.3 Å². The number of carbonyl (C=O) groups excluding carboxylic acids is 1. The number of oxazole rings is 1. The first-order chi connectivity index (χ1) is 15.2. The Labute approximate surface area is 178 Å². The third-order valence-corrected chi connectivity index (χ3v) is 5.48. The van der Waals surface area contributed by atoms with E-state index in [9.17, 15) is 4.79 Å². The lowest BCUT2D eigenvalue weighted by Gasteiger charge is -2.30. The van der Waals surface area contributed by atoms with Gasteiger partial charge in [0.1, 0.15) is 11.3 Å². The van der Waals surface area contributed by atoms with Crippen molar-refractivity contribution in [3.8, 4) is 5.75 Å². The molecule has 0 N–H and O–H groups in total. The van der Waals surface area contributed by atoms with Gasteiger partial charge in [-0.25, -0.2) is 4.98 Å². The molecule has 158 valence electrons. The number of amides is 1. The van der Waals surface area contributed by atoms with Crippen LogP contribution >= 0.6 is 0 Å². The van der Waals surface area contributed by atoms with E-state index in [0.717, 1.165) is 29.8 Å². The number of nitrogens with zero attached hydrogens (tertiary/aromatic N) is 4. The monoisotopic (exact) mass is 418 g/mol. The zero-order valence-corrected chi connectivity index (χ0v) is 17.2. The van der Waals surface area contributed by atoms with E-state index in [2.05, 4.69) is 15.1 Å². The van der Waals surface area contributed by atoms with Crippen molar-refractivity contribution in [3.63, 3.8) is 0 Å². The second-order valence-corrected chi connectivity index (χ2v) is 7.63. The highest BCUT2D eigenvalue weighted by molar-refractivity contribution is 5.94. The lowest BCUT2D eigenvalue weighted by Crippen LogP contribution is -2.37. The summed E-state index contributed by atoms with van der Waals surface area (Å²) in [5.74, 6) is 2.66. The molecular weight excluding hydrogens is 396 g/mol. The molecule has 0 atom stereocenters. The summed E-state index contributed by atoms with van der Waals surface area (Å²) in [5, 5.41) is 3.79. The molecule has 0 saturated carbocycles. The maximum Gasteiger partial charge on any atom is 0.253 e. The van der Waals surface area contributed by atoms with Crippen LogP contribution < -0.4 is 4.74 Å². The summed E-state index contributed by atoms with van der Waals surface area (Å²) in [7, 11) is 0. The van der Waals surface area contributed by atoms with Crippen LogP contribution in [0.4, 0.5) is 0 Å². The second-order valence-electron chi connectivity index (χ2n) is 7.63. The molecule has 31 heavy (non-hydrogen) atoms. The number of piperidine rings is 1. The van der Waals surface area contributed by atoms with Crippen LogP contribution in [0.5, 0.6) is 5.75 Å². The van der Waals surface area contributed by atoms with Gasteiger partial charge in [-0.2, -0.15) is 4.98 Å². The van der Waals surface area contributed by atoms with Crippen LogP contribution in [0.3, 0.4) is 0 Å². The third kappa shape index (κ3) is 4.14. The molecule has 1 aliphatic rings. The molecule has 1 fully saturated rings. The van der Waals surface area contributed by atoms with E-state index in [1.807, 2.05) is 29.2 Å². The molecule has 5 rings (SSSR count). The SMILES string of the molecule is Cc1nc(COc2ccc(C(=O)N3CCC(c4nc5ccccc5o4)CC3)cc2)no1. The molecule has 2 aromatic carbocycles. The van der Waals surface area contributed by atoms with Crippen molar-refractivity contribution in [2.24, 2.45) is 0 Å². The highest BCUT2D eigenvalue weighted by atomic mass is 16.5. The molecule has 1 saturated heterocycles. The van der Waals surface area contributed by atoms with E-state index in [4.69, 9.17) is 13.7 Å². The zero-order valence-electron chi connectivity index (χ0n) is 17.2. The Kier molecular flexibility index (Phi) is 5.11. The Morgan fingerprint density at radius 1 is 1.10 bits per heavy atom. The van der Waals surface area contributed by atoms with E-state index in [0.29, 0.717) is 36.1 Å². The molecule has 8 heteroatoms. The number of benzene rings is 2. The molecule has 1 aliphatic heterocycles. The normalized spacial score (nSPS) is 14.8. The molecule has 4 aromatic rings. The maximum absolute atomic E-state index is 12.9. The van der Waals surface area contributed by atoms with Crippen LogP contribution in [0, 0.1) is 6.92 Å². The summed E-state index contributed by atoms with van der Waals surface area (Å²) in [4.78, 5) is 23.5. The van der Waals surface area contributed by atoms with E-state index in [1.54, 1.807) is 31.2 Å². The second kappa shape index (κ2) is 8.22. The first-order valence-corrected chi connectivity index (χ1v) is 10.3. The molecule has 0 unspecified atom stereocenters. The predicted octanol–water partition coefficient (Wildman–Crippen LogP) is 4.12. The van der Waals surface area contributed by atoms with Crippen LogP contribution in [0.15, 0.2) is 57.5 Å². The number of likely N-dealkylation sites (tertiary alicyclic amines) is 1. The smallest absolute Gasteiger partial charge is 0.253 e. The number of hydrogen-bond acceptors (Lipinski definition) is 7. The van der Waals surface area contributed by atoms with Gasteiger partial charge < -0.3 is 18.6 Å². The molecule has 0 bridgehead atoms. The Bertz CT molecular complexity index is 1160. The molecular formula is C23H22N4O4. The van der Waals surface area contributed by atoms with E-state index in [-0.39, 0.29) is 18.4 Å². The Morgan fingerprint density at radius 3 is 2.58 bits per heavy atom. The van der Waals surface area contributed by atoms with Crippen LogP contribution in [-0.2, 0) is 6.61 Å². The number of rotatable bonds is 5. The van der Waals surface area contributed by atoms with Crippen molar-refractivity contribution >= 4 is 17.0 Å². The summed E-state index contributed by atoms with van der Waals surface area (Å²) in [6.45, 7) is 3.30. The number of aromatic nitrogens is 3. The number of hydrogen-bond donors (Lipinski definition) is 0. The first-order valence-electron chi connectivity index (χ1n) is 10.3. The Hall–Kier alpha value is -3.68. The molecule has 2 aromatic heterocycles. The lowest BCUT2D eigenvalue weighted by molar-refractivity contribution is 0.0706. The summed E-state index contributed by atoms with van der Waals surface area (Å²) in [6, 6.07) is 14.9. The van der Waals surface area contributed by atoms with Crippen molar-refractivity contribution in [2.75, 3.05) is 13.1 Å². The number of ether oxygens (including phenoxy) is 1. The molecule has 0 aliphatic carbocycles. The average Bonchev–Trinajstić information content (AvgIpc) is 3.43. The van der Waals surface area contributed by atoms with Crippen molar-refractivity contribution in [3.05, 3.63) is 71.7 Å². The fourth-order valence-corrected chi connectivity index (χ4v) is 3.82. The summed E-state index contributed by atoms with van der Waals surface area (Å²) in [5.41, 5.74) is 2.34. The topological polar surface area (TPSA) is 94.5 Å². The Morgan fingerprint density at radius 2 is 1.87 bits per heavy atom. The van der Waals surface area contributed by atoms with E-state index in [1.165, 1.54) is 0 Å². The third-order valence-electron chi connectivity index (χ3n) is 5.48. The van der Waals surface area contributed by atoms with Crippen molar-refractivity contribution in [1.82, 2.24) is 20.0 Å². The summed E-state index contributed by atoms with van der Waals surface area (Å²) in [6.07, 6.45) is 1.67. The van der Waals surface area contributed by atoms with Crippen LogP contribution in [0.2, 0.25) is 0 Å². The standard InChI is InChI=1S/C23H22N4O4/c1-15-24-21(26-31-15)14-29-18-8-6-17(7-9-18)23(28)27-12-10-16(11-13-27)22-25-19-4-2-3-5-20(19)30-22/h2-9,16H,10-14H2,1H3. The van der Waals surface area contributed by atoms with Gasteiger partial charge >= 0.3 is 0 Å². The minimum absolute atomic E-state index is 0.0244. The van der Waals surface area contributed by atoms with Crippen molar-refractivity contribution in [1.29, 1.82) is 0 Å². The molecule has 8 nitrogen and oxygen atoms in total. The van der Waals surface area contributed by atoms with E-state index >= 15 is 0 Å². The van der Waals surface area contributed by atoms with Crippen LogP contribution in [-0.4, -0.2) is 39.0 Å². The molecule has 1 amide bonds. The van der Waals surface area contributed by atoms with Gasteiger partial charge in [0.15, 0.2) is 18.1 Å². The van der Waals surface area contributed by atoms with Crippen LogP contribution in [0.25, 0.3) is 11.1 Å². The number of para-hydroxylation sites is 2. The maximum atomic E-state index is 12.9. The Balaban J connectivity index is 1.17. The largest absolute Gasteiger partial charge is 0.485 e. The lowest BCUT2D eigenvalue weighted by atomic mass is 9.96. The predicted molar refractivity (Wildman–Crippen MR) is 112 cm³/mol. The average molecular weight is 418 g/mol. The summed E-state index contributed by atoms with van der Waals surface area (Å²) >= 11 is 0. The fourth-order valence-electron chi connectivity index (χ4n) is 3.82. The number of carbonyl (C=O) groups is 1. The van der Waals surface area contributed by atoms with Gasteiger partial charge in [-0.05, 0) is 49.2 Å². The highest BCUT2D eigenvalue weighted by Gasteiger charge is 2.27. The fraction of sp³-hybridized carbons (Fsp3) is 0.304. The van der Waals surface area contributed by atoms with Gasteiger partial charge in [0.05, 0.1) is 0 Å². The van der Waals surface area contributed by atoms with Gasteiger partial charge in [-0.15, -0.1) is 0 Å². The van der Waals surface area contributed by atoms with Gasteiger partial charge in [0.25, 0.3) is 5.91 Å². The van der Waals surface area contributed by atoms with Crippen molar-refractivity contribution in [2.45, 2.75) is 32.3 Å². The summed E-state index contributed by atoms with van der Waals surface area (Å²) < 4.78 is 16.5.